The van der Waals surface area contributed by atoms with E-state index in [1.165, 1.54) is 24.3 Å². The summed E-state index contributed by atoms with van der Waals surface area (Å²) in [6.07, 6.45) is 0. The molecule has 1 atom stereocenters. The topological polar surface area (TPSA) is 55.4 Å². The van der Waals surface area contributed by atoms with Gasteiger partial charge in [-0.3, -0.25) is 4.79 Å². The highest BCUT2D eigenvalue weighted by atomic mass is 19.1. The molecule has 0 aliphatic carbocycles. The molecule has 0 spiro atoms. The van der Waals surface area contributed by atoms with E-state index in [0.29, 0.717) is 5.75 Å². The summed E-state index contributed by atoms with van der Waals surface area (Å²) in [7, 11) is 0. The first-order chi connectivity index (χ1) is 11.0. The molecule has 4 nitrogen and oxygen atoms in total. The van der Waals surface area contributed by atoms with E-state index in [9.17, 15) is 14.0 Å². The second-order valence-electron chi connectivity index (χ2n) is 5.44. The zero-order chi connectivity index (χ0) is 16.8. The molecule has 0 fully saturated rings. The smallest absolute Gasteiger partial charge is 0.334 e. The van der Waals surface area contributed by atoms with E-state index in [4.69, 9.17) is 4.74 Å². The van der Waals surface area contributed by atoms with Crippen molar-refractivity contribution in [2.45, 2.75) is 19.9 Å². The van der Waals surface area contributed by atoms with Crippen molar-refractivity contribution >= 4 is 11.9 Å². The van der Waals surface area contributed by atoms with Gasteiger partial charge in [0.25, 0.3) is 5.91 Å². The Kier molecular flexibility index (Phi) is 5.46. The highest BCUT2D eigenvalue weighted by Crippen LogP contribution is 2.13. The molecule has 0 radical (unpaired) electrons. The number of benzene rings is 2. The third-order valence-corrected chi connectivity index (χ3v) is 3.28. The van der Waals surface area contributed by atoms with Crippen molar-refractivity contribution in [2.75, 3.05) is 0 Å². The average Bonchev–Trinajstić information content (AvgIpc) is 2.53. The molecule has 120 valence electrons. The maximum absolute atomic E-state index is 12.9. The summed E-state index contributed by atoms with van der Waals surface area (Å²) in [5.74, 6) is -1.16. The van der Waals surface area contributed by atoms with Crippen molar-refractivity contribution in [1.82, 2.24) is 5.32 Å². The van der Waals surface area contributed by atoms with Gasteiger partial charge < -0.3 is 10.1 Å². The molecule has 0 aliphatic heterocycles. The number of amides is 1. The zero-order valence-electron chi connectivity index (χ0n) is 13.0. The minimum atomic E-state index is -0.798. The lowest BCUT2D eigenvalue weighted by Crippen LogP contribution is -2.46. The maximum Gasteiger partial charge on any atom is 0.334 e. The van der Waals surface area contributed by atoms with Gasteiger partial charge in [-0.25, -0.2) is 9.18 Å². The Morgan fingerprint density at radius 3 is 2.17 bits per heavy atom. The summed E-state index contributed by atoms with van der Waals surface area (Å²) >= 11 is 0. The van der Waals surface area contributed by atoms with Crippen molar-refractivity contribution < 1.29 is 18.7 Å². The molecule has 5 heteroatoms. The van der Waals surface area contributed by atoms with Gasteiger partial charge in [-0.05, 0) is 42.3 Å². The summed E-state index contributed by atoms with van der Waals surface area (Å²) in [5, 5.41) is 2.64. The van der Waals surface area contributed by atoms with E-state index in [2.05, 4.69) is 5.32 Å². The molecular weight excluding hydrogens is 297 g/mol. The first kappa shape index (κ1) is 16.7. The number of para-hydroxylation sites is 1. The summed E-state index contributed by atoms with van der Waals surface area (Å²) < 4.78 is 18.2. The van der Waals surface area contributed by atoms with Crippen LogP contribution in [-0.4, -0.2) is 17.9 Å². The van der Waals surface area contributed by atoms with Crippen LogP contribution in [0.4, 0.5) is 4.39 Å². The Hall–Kier alpha value is -2.69. The number of ether oxygens (including phenoxy) is 1. The Morgan fingerprint density at radius 2 is 1.61 bits per heavy atom. The highest BCUT2D eigenvalue weighted by Gasteiger charge is 2.26. The molecular formula is C18H18FNO3. The van der Waals surface area contributed by atoms with E-state index in [1.54, 1.807) is 24.3 Å². The predicted octanol–water partition coefficient (Wildman–Crippen LogP) is 3.19. The highest BCUT2D eigenvalue weighted by molar-refractivity contribution is 5.97. The summed E-state index contributed by atoms with van der Waals surface area (Å²) in [6.45, 7) is 3.61. The summed E-state index contributed by atoms with van der Waals surface area (Å²) in [4.78, 5) is 24.5. The SMILES string of the molecule is CC(C)[C@H](NC(=O)c1ccc(F)cc1)C(=O)Oc1ccccc1. The van der Waals surface area contributed by atoms with Gasteiger partial charge in [0.2, 0.25) is 0 Å². The standard InChI is InChI=1S/C18H18FNO3/c1-12(2)16(18(22)23-15-6-4-3-5-7-15)20-17(21)13-8-10-14(19)11-9-13/h3-12,16H,1-2H3,(H,20,21)/t16-/m0/s1. The van der Waals surface area contributed by atoms with Crippen molar-refractivity contribution in [3.8, 4) is 5.75 Å². The fourth-order valence-corrected chi connectivity index (χ4v) is 1.99. The normalized spacial score (nSPS) is 11.8. The fraction of sp³-hybridized carbons (Fsp3) is 0.222. The molecule has 23 heavy (non-hydrogen) atoms. The first-order valence-electron chi connectivity index (χ1n) is 7.30. The van der Waals surface area contributed by atoms with Gasteiger partial charge in [0.15, 0.2) is 0 Å². The van der Waals surface area contributed by atoms with Gasteiger partial charge in [0.05, 0.1) is 0 Å². The second kappa shape index (κ2) is 7.54. The minimum Gasteiger partial charge on any atom is -0.425 e. The number of halogens is 1. The van der Waals surface area contributed by atoms with Crippen LogP contribution in [0.15, 0.2) is 54.6 Å². The molecule has 2 aromatic carbocycles. The molecule has 2 aromatic rings. The van der Waals surface area contributed by atoms with Crippen LogP contribution in [0.1, 0.15) is 24.2 Å². The fourth-order valence-electron chi connectivity index (χ4n) is 1.99. The number of rotatable bonds is 5. The lowest BCUT2D eigenvalue weighted by Gasteiger charge is -2.20. The molecule has 0 aliphatic rings. The summed E-state index contributed by atoms with van der Waals surface area (Å²) in [5.41, 5.74) is 0.282. The zero-order valence-corrected chi connectivity index (χ0v) is 13.0. The van der Waals surface area contributed by atoms with Gasteiger partial charge in [0.1, 0.15) is 17.6 Å². The number of hydrogen-bond donors (Lipinski definition) is 1. The summed E-state index contributed by atoms with van der Waals surface area (Å²) in [6, 6.07) is 13.0. The second-order valence-corrected chi connectivity index (χ2v) is 5.44. The minimum absolute atomic E-state index is 0.157. The van der Waals surface area contributed by atoms with E-state index in [1.807, 2.05) is 19.9 Å². The van der Waals surface area contributed by atoms with Crippen LogP contribution in [0.3, 0.4) is 0 Å². The Balaban J connectivity index is 2.07. The van der Waals surface area contributed by atoms with Gasteiger partial charge in [-0.15, -0.1) is 0 Å². The number of nitrogens with one attached hydrogen (secondary N) is 1. The molecule has 2 rings (SSSR count). The van der Waals surface area contributed by atoms with Crippen molar-refractivity contribution in [2.24, 2.45) is 5.92 Å². The molecule has 0 bridgehead atoms. The number of esters is 1. The molecule has 0 unspecified atom stereocenters. The van der Waals surface area contributed by atoms with Gasteiger partial charge in [-0.2, -0.15) is 0 Å². The third kappa shape index (κ3) is 4.64. The van der Waals surface area contributed by atoms with Gasteiger partial charge in [0, 0.05) is 5.56 Å². The third-order valence-electron chi connectivity index (χ3n) is 3.28. The molecule has 1 N–H and O–H groups in total. The van der Waals surface area contributed by atoms with Crippen molar-refractivity contribution in [1.29, 1.82) is 0 Å². The maximum atomic E-state index is 12.9. The van der Waals surface area contributed by atoms with Crippen LogP contribution in [0.25, 0.3) is 0 Å². The molecule has 0 saturated heterocycles. The van der Waals surface area contributed by atoms with Crippen LogP contribution in [0.5, 0.6) is 5.75 Å². The largest absolute Gasteiger partial charge is 0.425 e. The Morgan fingerprint density at radius 1 is 1.00 bits per heavy atom. The molecule has 0 heterocycles. The van der Waals surface area contributed by atoms with Gasteiger partial charge >= 0.3 is 5.97 Å². The van der Waals surface area contributed by atoms with Crippen LogP contribution >= 0.6 is 0 Å². The van der Waals surface area contributed by atoms with Crippen molar-refractivity contribution in [3.63, 3.8) is 0 Å². The van der Waals surface area contributed by atoms with E-state index >= 15 is 0 Å². The van der Waals surface area contributed by atoms with Crippen LogP contribution in [-0.2, 0) is 4.79 Å². The van der Waals surface area contributed by atoms with E-state index in [-0.39, 0.29) is 11.5 Å². The predicted molar refractivity (Wildman–Crippen MR) is 84.6 cm³/mol. The van der Waals surface area contributed by atoms with Crippen LogP contribution in [0.2, 0.25) is 0 Å². The lowest BCUT2D eigenvalue weighted by atomic mass is 10.0. The lowest BCUT2D eigenvalue weighted by molar-refractivity contribution is -0.137. The number of carbonyl (C=O) groups excluding carboxylic acids is 2. The Labute approximate surface area is 134 Å². The van der Waals surface area contributed by atoms with E-state index in [0.717, 1.165) is 0 Å². The van der Waals surface area contributed by atoms with Gasteiger partial charge in [-0.1, -0.05) is 32.0 Å². The molecule has 0 saturated carbocycles. The van der Waals surface area contributed by atoms with Crippen LogP contribution < -0.4 is 10.1 Å². The molecule has 1 amide bonds. The number of hydrogen-bond acceptors (Lipinski definition) is 3. The van der Waals surface area contributed by atoms with Crippen molar-refractivity contribution in [3.05, 3.63) is 66.0 Å². The average molecular weight is 315 g/mol. The monoisotopic (exact) mass is 315 g/mol. The molecule has 0 aromatic heterocycles. The Bertz CT molecular complexity index is 668. The number of carbonyl (C=O) groups is 2. The quantitative estimate of drug-likeness (QED) is 0.681. The first-order valence-corrected chi connectivity index (χ1v) is 7.30. The van der Waals surface area contributed by atoms with Crippen LogP contribution in [0, 0.1) is 11.7 Å². The van der Waals surface area contributed by atoms with E-state index < -0.39 is 23.7 Å².